The minimum absolute atomic E-state index is 0.0489. The SMILES string of the molecule is CCC(C)(CCO)NC(=O)Nc1cc(C)n(C)n1. The number of nitrogens with one attached hydrogen (secondary N) is 2. The molecule has 102 valence electrons. The monoisotopic (exact) mass is 254 g/mol. The molecule has 0 aliphatic heterocycles. The van der Waals surface area contributed by atoms with Crippen molar-refractivity contribution in [2.24, 2.45) is 7.05 Å². The maximum absolute atomic E-state index is 11.8. The second kappa shape index (κ2) is 5.86. The van der Waals surface area contributed by atoms with Crippen LogP contribution in [0.3, 0.4) is 0 Å². The highest BCUT2D eigenvalue weighted by Crippen LogP contribution is 2.14. The van der Waals surface area contributed by atoms with Gasteiger partial charge in [0.25, 0.3) is 0 Å². The molecule has 6 nitrogen and oxygen atoms in total. The van der Waals surface area contributed by atoms with E-state index < -0.39 is 5.54 Å². The predicted molar refractivity (Wildman–Crippen MR) is 70.5 cm³/mol. The Hall–Kier alpha value is -1.56. The summed E-state index contributed by atoms with van der Waals surface area (Å²) < 4.78 is 1.70. The van der Waals surface area contributed by atoms with Crippen LogP contribution in [0.2, 0.25) is 0 Å². The molecule has 0 aromatic carbocycles. The lowest BCUT2D eigenvalue weighted by Crippen LogP contribution is -2.48. The summed E-state index contributed by atoms with van der Waals surface area (Å²) in [7, 11) is 1.82. The summed E-state index contributed by atoms with van der Waals surface area (Å²) in [6, 6.07) is 1.50. The number of aromatic nitrogens is 2. The van der Waals surface area contributed by atoms with Gasteiger partial charge in [0.2, 0.25) is 0 Å². The normalized spacial score (nSPS) is 14.1. The van der Waals surface area contributed by atoms with Gasteiger partial charge in [0.15, 0.2) is 5.82 Å². The molecule has 1 unspecified atom stereocenters. The minimum Gasteiger partial charge on any atom is -0.396 e. The summed E-state index contributed by atoms with van der Waals surface area (Å²) in [5, 5.41) is 18.7. The van der Waals surface area contributed by atoms with Crippen LogP contribution in [0.25, 0.3) is 0 Å². The number of hydrogen-bond donors (Lipinski definition) is 3. The Morgan fingerprint density at radius 3 is 2.72 bits per heavy atom. The van der Waals surface area contributed by atoms with Crippen molar-refractivity contribution < 1.29 is 9.90 Å². The van der Waals surface area contributed by atoms with Gasteiger partial charge in [-0.3, -0.25) is 10.00 Å². The Balaban J connectivity index is 2.60. The fraction of sp³-hybridized carbons (Fsp3) is 0.667. The van der Waals surface area contributed by atoms with E-state index in [9.17, 15) is 4.79 Å². The van der Waals surface area contributed by atoms with Crippen LogP contribution in [0.1, 0.15) is 32.4 Å². The summed E-state index contributed by atoms with van der Waals surface area (Å²) in [6.45, 7) is 5.85. The molecular formula is C12H22N4O2. The van der Waals surface area contributed by atoms with Gasteiger partial charge in [-0.2, -0.15) is 5.10 Å². The zero-order valence-electron chi connectivity index (χ0n) is 11.4. The number of aliphatic hydroxyl groups excluding tert-OH is 1. The highest BCUT2D eigenvalue weighted by Gasteiger charge is 2.23. The number of nitrogens with zero attached hydrogens (tertiary/aromatic N) is 2. The molecule has 1 rings (SSSR count). The van der Waals surface area contributed by atoms with Crippen LogP contribution in [-0.4, -0.2) is 33.1 Å². The van der Waals surface area contributed by atoms with Gasteiger partial charge < -0.3 is 10.4 Å². The number of urea groups is 1. The maximum Gasteiger partial charge on any atom is 0.320 e. The lowest BCUT2D eigenvalue weighted by Gasteiger charge is -2.28. The number of amides is 2. The molecule has 0 bridgehead atoms. The Morgan fingerprint density at radius 1 is 1.61 bits per heavy atom. The predicted octanol–water partition coefficient (Wildman–Crippen LogP) is 1.40. The van der Waals surface area contributed by atoms with Gasteiger partial charge in [-0.05, 0) is 26.7 Å². The summed E-state index contributed by atoms with van der Waals surface area (Å²) in [6.07, 6.45) is 1.28. The van der Waals surface area contributed by atoms with Gasteiger partial charge in [-0.1, -0.05) is 6.92 Å². The molecule has 0 aliphatic rings. The largest absolute Gasteiger partial charge is 0.396 e. The second-order valence-corrected chi connectivity index (χ2v) is 4.76. The number of rotatable bonds is 5. The molecule has 1 heterocycles. The number of anilines is 1. The first kappa shape index (κ1) is 14.5. The van der Waals surface area contributed by atoms with Crippen LogP contribution < -0.4 is 10.6 Å². The van der Waals surface area contributed by atoms with Crippen molar-refractivity contribution in [3.05, 3.63) is 11.8 Å². The van der Waals surface area contributed by atoms with Crippen LogP contribution >= 0.6 is 0 Å². The summed E-state index contributed by atoms with van der Waals surface area (Å²) in [5.41, 5.74) is 0.571. The van der Waals surface area contributed by atoms with Crippen LogP contribution in [0.4, 0.5) is 10.6 Å². The fourth-order valence-electron chi connectivity index (χ4n) is 1.62. The van der Waals surface area contributed by atoms with Crippen LogP contribution in [0.15, 0.2) is 6.07 Å². The average molecular weight is 254 g/mol. The van der Waals surface area contributed by atoms with Gasteiger partial charge in [0.1, 0.15) is 0 Å². The van der Waals surface area contributed by atoms with E-state index in [2.05, 4.69) is 15.7 Å². The summed E-state index contributed by atoms with van der Waals surface area (Å²) in [4.78, 5) is 11.8. The molecular weight excluding hydrogens is 232 g/mol. The molecule has 3 N–H and O–H groups in total. The van der Waals surface area contributed by atoms with Crippen LogP contribution in [0.5, 0.6) is 0 Å². The zero-order chi connectivity index (χ0) is 13.8. The topological polar surface area (TPSA) is 79.2 Å². The Bertz CT molecular complexity index is 397. The van der Waals surface area contributed by atoms with Crippen molar-refractivity contribution in [1.29, 1.82) is 0 Å². The van der Waals surface area contributed by atoms with Gasteiger partial charge in [0.05, 0.1) is 0 Å². The molecule has 0 aliphatic carbocycles. The van der Waals surface area contributed by atoms with Crippen molar-refractivity contribution in [2.75, 3.05) is 11.9 Å². The smallest absolute Gasteiger partial charge is 0.320 e. The van der Waals surface area contributed by atoms with Crippen molar-refractivity contribution in [1.82, 2.24) is 15.1 Å². The Morgan fingerprint density at radius 2 is 2.28 bits per heavy atom. The zero-order valence-corrected chi connectivity index (χ0v) is 11.4. The number of aliphatic hydroxyl groups is 1. The first-order valence-electron chi connectivity index (χ1n) is 6.11. The third kappa shape index (κ3) is 3.73. The van der Waals surface area contributed by atoms with Gasteiger partial charge in [-0.25, -0.2) is 4.79 Å². The van der Waals surface area contributed by atoms with E-state index in [1.165, 1.54) is 0 Å². The summed E-state index contributed by atoms with van der Waals surface area (Å²) in [5.74, 6) is 0.523. The van der Waals surface area contributed by atoms with E-state index in [4.69, 9.17) is 5.11 Å². The van der Waals surface area contributed by atoms with Crippen molar-refractivity contribution in [2.45, 2.75) is 39.2 Å². The van der Waals surface area contributed by atoms with E-state index >= 15 is 0 Å². The Kier molecular flexibility index (Phi) is 4.72. The van der Waals surface area contributed by atoms with Gasteiger partial charge >= 0.3 is 6.03 Å². The molecule has 0 saturated carbocycles. The van der Waals surface area contributed by atoms with Crippen molar-refractivity contribution in [3.63, 3.8) is 0 Å². The second-order valence-electron chi connectivity index (χ2n) is 4.76. The molecule has 1 aromatic heterocycles. The van der Waals surface area contributed by atoms with E-state index in [-0.39, 0.29) is 12.6 Å². The standard InChI is InChI=1S/C12H22N4O2/c1-5-12(3,6-7-17)14-11(18)13-10-8-9(2)16(4)15-10/h8,17H,5-7H2,1-4H3,(H2,13,14,15,18). The third-order valence-corrected chi connectivity index (χ3v) is 3.21. The number of carbonyl (C=O) groups is 1. The molecule has 0 radical (unpaired) electrons. The highest BCUT2D eigenvalue weighted by molar-refractivity contribution is 5.88. The number of aryl methyl sites for hydroxylation is 2. The molecule has 0 spiro atoms. The van der Waals surface area contributed by atoms with Crippen LogP contribution in [-0.2, 0) is 7.05 Å². The molecule has 6 heteroatoms. The average Bonchev–Trinajstić information content (AvgIpc) is 2.57. The molecule has 1 aromatic rings. The third-order valence-electron chi connectivity index (χ3n) is 3.21. The van der Waals surface area contributed by atoms with E-state index in [0.29, 0.717) is 12.2 Å². The van der Waals surface area contributed by atoms with E-state index in [1.54, 1.807) is 10.7 Å². The van der Waals surface area contributed by atoms with Crippen molar-refractivity contribution in [3.8, 4) is 0 Å². The van der Waals surface area contributed by atoms with Gasteiger partial charge in [-0.15, -0.1) is 0 Å². The molecule has 2 amide bonds. The van der Waals surface area contributed by atoms with Crippen LogP contribution in [0, 0.1) is 6.92 Å². The lowest BCUT2D eigenvalue weighted by molar-refractivity contribution is 0.208. The molecule has 1 atom stereocenters. The molecule has 0 saturated heterocycles. The Labute approximate surface area is 107 Å². The van der Waals surface area contributed by atoms with Crippen molar-refractivity contribution >= 4 is 11.8 Å². The first-order chi connectivity index (χ1) is 8.40. The summed E-state index contributed by atoms with van der Waals surface area (Å²) >= 11 is 0. The number of hydrogen-bond acceptors (Lipinski definition) is 3. The minimum atomic E-state index is -0.400. The van der Waals surface area contributed by atoms with Gasteiger partial charge in [0, 0.05) is 31.0 Å². The van der Waals surface area contributed by atoms with E-state index in [1.807, 2.05) is 27.8 Å². The lowest BCUT2D eigenvalue weighted by atomic mass is 9.95. The van der Waals surface area contributed by atoms with E-state index in [0.717, 1.165) is 12.1 Å². The maximum atomic E-state index is 11.8. The number of carbonyl (C=O) groups excluding carboxylic acids is 1. The quantitative estimate of drug-likeness (QED) is 0.743. The fourth-order valence-corrected chi connectivity index (χ4v) is 1.62. The highest BCUT2D eigenvalue weighted by atomic mass is 16.3. The molecule has 0 fully saturated rings. The molecule has 18 heavy (non-hydrogen) atoms. The first-order valence-corrected chi connectivity index (χ1v) is 6.11.